The minimum absolute atomic E-state index is 0.0675. The van der Waals surface area contributed by atoms with E-state index in [9.17, 15) is 24.0 Å². The van der Waals surface area contributed by atoms with Crippen LogP contribution in [-0.4, -0.2) is 37.0 Å². The van der Waals surface area contributed by atoms with Crippen molar-refractivity contribution in [3.05, 3.63) is 47.5 Å². The molecule has 0 atom stereocenters. The molecule has 0 radical (unpaired) electrons. The Labute approximate surface area is 185 Å². The van der Waals surface area contributed by atoms with Crippen molar-refractivity contribution in [2.45, 2.75) is 33.1 Å². The fraction of sp³-hybridized carbons (Fsp3) is 0.261. The summed E-state index contributed by atoms with van der Waals surface area (Å²) in [6.07, 6.45) is 2.16. The van der Waals surface area contributed by atoms with Gasteiger partial charge in [-0.15, -0.1) is 0 Å². The van der Waals surface area contributed by atoms with Gasteiger partial charge in [-0.3, -0.25) is 24.0 Å². The van der Waals surface area contributed by atoms with E-state index in [1.54, 1.807) is 24.3 Å². The Morgan fingerprint density at radius 1 is 0.812 bits per heavy atom. The number of nitrogens with one attached hydrogen (secondary N) is 2. The number of hydrogen-bond acceptors (Lipinski definition) is 7. The van der Waals surface area contributed by atoms with Gasteiger partial charge in [-0.2, -0.15) is 0 Å². The number of anilines is 2. The van der Waals surface area contributed by atoms with Crippen LogP contribution in [0, 0.1) is 0 Å². The molecule has 0 spiro atoms. The Hall–Kier alpha value is -4.01. The van der Waals surface area contributed by atoms with E-state index in [1.807, 2.05) is 0 Å². The van der Waals surface area contributed by atoms with Crippen molar-refractivity contribution < 1.29 is 33.4 Å². The van der Waals surface area contributed by atoms with E-state index in [2.05, 4.69) is 10.6 Å². The zero-order valence-corrected chi connectivity index (χ0v) is 17.8. The normalized spacial score (nSPS) is 10.1. The van der Waals surface area contributed by atoms with E-state index in [1.165, 1.54) is 26.0 Å². The number of amides is 2. The van der Waals surface area contributed by atoms with Crippen molar-refractivity contribution in [1.29, 1.82) is 0 Å². The fourth-order valence-corrected chi connectivity index (χ4v) is 2.87. The highest BCUT2D eigenvalue weighted by Gasteiger charge is 2.14. The Morgan fingerprint density at radius 3 is 1.88 bits per heavy atom. The molecule has 0 unspecified atom stereocenters. The molecule has 0 aliphatic heterocycles. The summed E-state index contributed by atoms with van der Waals surface area (Å²) < 4.78 is 10.9. The summed E-state index contributed by atoms with van der Waals surface area (Å²) in [6, 6.07) is 9.45. The molecular weight excluding hydrogens is 416 g/mol. The van der Waals surface area contributed by atoms with Gasteiger partial charge in [0, 0.05) is 20.3 Å². The van der Waals surface area contributed by atoms with Gasteiger partial charge in [-0.05, 0) is 37.1 Å². The molecule has 2 rings (SSSR count). The average Bonchev–Trinajstić information content (AvgIpc) is 2.73. The number of unbranched alkanes of at least 4 members (excludes halogenated alkanes) is 1. The molecule has 2 amide bonds. The molecule has 0 saturated carbocycles. The quantitative estimate of drug-likeness (QED) is 0.237. The van der Waals surface area contributed by atoms with Crippen molar-refractivity contribution in [3.8, 4) is 11.5 Å². The summed E-state index contributed by atoms with van der Waals surface area (Å²) in [5, 5.41) is 5.08. The SMILES string of the molecule is CC(=O)Nc1cccc(OCCCCC(=O)Oc2cccc(NC(C)=O)c2C=O)c1C=O. The molecule has 0 bridgehead atoms. The topological polar surface area (TPSA) is 128 Å². The third-order valence-electron chi connectivity index (χ3n) is 4.25. The highest BCUT2D eigenvalue weighted by Crippen LogP contribution is 2.26. The van der Waals surface area contributed by atoms with Crippen LogP contribution in [0.1, 0.15) is 53.8 Å². The molecule has 2 N–H and O–H groups in total. The zero-order valence-electron chi connectivity index (χ0n) is 17.8. The van der Waals surface area contributed by atoms with Gasteiger partial charge in [0.1, 0.15) is 11.5 Å². The molecule has 9 heteroatoms. The van der Waals surface area contributed by atoms with Crippen LogP contribution in [0.25, 0.3) is 0 Å². The predicted octanol–water partition coefficient (Wildman–Crippen LogP) is 3.38. The smallest absolute Gasteiger partial charge is 0.311 e. The number of hydrogen-bond donors (Lipinski definition) is 2. The maximum atomic E-state index is 12.1. The lowest BCUT2D eigenvalue weighted by Gasteiger charge is -2.12. The maximum Gasteiger partial charge on any atom is 0.311 e. The summed E-state index contributed by atoms with van der Waals surface area (Å²) in [7, 11) is 0. The van der Waals surface area contributed by atoms with Crippen LogP contribution in [0.3, 0.4) is 0 Å². The first-order valence-corrected chi connectivity index (χ1v) is 9.90. The number of aldehydes is 2. The maximum absolute atomic E-state index is 12.1. The molecule has 0 heterocycles. The summed E-state index contributed by atoms with van der Waals surface area (Å²) in [5.41, 5.74) is 0.946. The van der Waals surface area contributed by atoms with Gasteiger partial charge in [0.2, 0.25) is 11.8 Å². The largest absolute Gasteiger partial charge is 0.493 e. The number of ether oxygens (including phenoxy) is 2. The summed E-state index contributed by atoms with van der Waals surface area (Å²) in [6.45, 7) is 2.90. The number of rotatable bonds is 11. The van der Waals surface area contributed by atoms with Gasteiger partial charge < -0.3 is 20.1 Å². The lowest BCUT2D eigenvalue weighted by Crippen LogP contribution is -2.12. The van der Waals surface area contributed by atoms with Crippen molar-refractivity contribution in [1.82, 2.24) is 0 Å². The second-order valence-corrected chi connectivity index (χ2v) is 6.81. The lowest BCUT2D eigenvalue weighted by molar-refractivity contribution is -0.134. The van der Waals surface area contributed by atoms with E-state index in [4.69, 9.17) is 9.47 Å². The molecule has 0 aromatic heterocycles. The number of benzene rings is 2. The Balaban J connectivity index is 1.86. The molecule has 0 fully saturated rings. The minimum Gasteiger partial charge on any atom is -0.493 e. The van der Waals surface area contributed by atoms with Gasteiger partial charge in [0.25, 0.3) is 0 Å². The van der Waals surface area contributed by atoms with Crippen molar-refractivity contribution >= 4 is 41.7 Å². The van der Waals surface area contributed by atoms with Crippen LogP contribution in [-0.2, 0) is 14.4 Å². The predicted molar refractivity (Wildman–Crippen MR) is 117 cm³/mol. The Kier molecular flexibility index (Phi) is 9.09. The first kappa shape index (κ1) is 24.3. The molecular formula is C23H24N2O7. The second-order valence-electron chi connectivity index (χ2n) is 6.81. The van der Waals surface area contributed by atoms with E-state index < -0.39 is 5.97 Å². The molecule has 2 aromatic carbocycles. The molecule has 168 valence electrons. The summed E-state index contributed by atoms with van der Waals surface area (Å²) >= 11 is 0. The van der Waals surface area contributed by atoms with Crippen molar-refractivity contribution in [2.75, 3.05) is 17.2 Å². The first-order valence-electron chi connectivity index (χ1n) is 9.90. The molecule has 0 aliphatic rings. The van der Waals surface area contributed by atoms with Crippen LogP contribution in [0.4, 0.5) is 11.4 Å². The molecule has 32 heavy (non-hydrogen) atoms. The minimum atomic E-state index is -0.533. The van der Waals surface area contributed by atoms with Crippen LogP contribution in [0.2, 0.25) is 0 Å². The molecule has 9 nitrogen and oxygen atoms in total. The van der Waals surface area contributed by atoms with E-state index in [0.717, 1.165) is 0 Å². The number of esters is 1. The monoisotopic (exact) mass is 440 g/mol. The van der Waals surface area contributed by atoms with Gasteiger partial charge in [0.15, 0.2) is 12.6 Å². The number of carbonyl (C=O) groups is 5. The highest BCUT2D eigenvalue weighted by molar-refractivity contribution is 5.98. The van der Waals surface area contributed by atoms with Crippen LogP contribution >= 0.6 is 0 Å². The Bertz CT molecular complexity index is 1020. The van der Waals surface area contributed by atoms with Crippen LogP contribution in [0.15, 0.2) is 36.4 Å². The van der Waals surface area contributed by atoms with Gasteiger partial charge in [0.05, 0.1) is 29.1 Å². The van der Waals surface area contributed by atoms with Gasteiger partial charge in [-0.25, -0.2) is 0 Å². The average molecular weight is 440 g/mol. The van der Waals surface area contributed by atoms with E-state index >= 15 is 0 Å². The second kappa shape index (κ2) is 12.0. The summed E-state index contributed by atoms with van der Waals surface area (Å²) in [5.74, 6) is -0.785. The van der Waals surface area contributed by atoms with Crippen LogP contribution < -0.4 is 20.1 Å². The van der Waals surface area contributed by atoms with Gasteiger partial charge >= 0.3 is 5.97 Å². The third kappa shape index (κ3) is 7.05. The van der Waals surface area contributed by atoms with Gasteiger partial charge in [-0.1, -0.05) is 12.1 Å². The summed E-state index contributed by atoms with van der Waals surface area (Å²) in [4.78, 5) is 57.4. The molecule has 0 aliphatic carbocycles. The van der Waals surface area contributed by atoms with Crippen molar-refractivity contribution in [2.24, 2.45) is 0 Å². The fourth-order valence-electron chi connectivity index (χ4n) is 2.87. The highest BCUT2D eigenvalue weighted by atomic mass is 16.5. The third-order valence-corrected chi connectivity index (χ3v) is 4.25. The van der Waals surface area contributed by atoms with E-state index in [0.29, 0.717) is 36.9 Å². The molecule has 2 aromatic rings. The first-order chi connectivity index (χ1) is 15.3. The van der Waals surface area contributed by atoms with Crippen molar-refractivity contribution in [3.63, 3.8) is 0 Å². The lowest BCUT2D eigenvalue weighted by atomic mass is 10.1. The Morgan fingerprint density at radius 2 is 1.34 bits per heavy atom. The molecule has 0 saturated heterocycles. The standard InChI is InChI=1S/C23H24N2O7/c1-15(28)24-19-7-5-9-21(17(19)13-26)31-12-4-3-11-23(30)32-22-10-6-8-20(18(22)14-27)25-16(2)29/h5-10,13-14H,3-4,11-12H2,1-2H3,(H,24,28)(H,25,29). The van der Waals surface area contributed by atoms with E-state index in [-0.39, 0.29) is 47.4 Å². The zero-order chi connectivity index (χ0) is 23.5. The number of carbonyl (C=O) groups excluding carboxylic acids is 5. The van der Waals surface area contributed by atoms with Crippen LogP contribution in [0.5, 0.6) is 11.5 Å².